The van der Waals surface area contributed by atoms with E-state index in [4.69, 9.17) is 4.74 Å². The molecule has 136 valence electrons. The van der Waals surface area contributed by atoms with Crippen LogP contribution in [0.25, 0.3) is 21.8 Å². The van der Waals surface area contributed by atoms with Gasteiger partial charge in [-0.05, 0) is 48.1 Å². The topological polar surface area (TPSA) is 47.0 Å². The highest BCUT2D eigenvalue weighted by molar-refractivity contribution is 6.08. The summed E-state index contributed by atoms with van der Waals surface area (Å²) in [5.74, 6) is 1.49. The van der Waals surface area contributed by atoms with Gasteiger partial charge in [-0.2, -0.15) is 0 Å². The molecule has 4 heteroatoms. The fourth-order valence-corrected chi connectivity index (χ4v) is 6.26. The molecule has 3 atom stereocenters. The molecule has 0 aliphatic heterocycles. The van der Waals surface area contributed by atoms with Crippen LogP contribution in [-0.4, -0.2) is 16.7 Å². The van der Waals surface area contributed by atoms with E-state index in [0.717, 1.165) is 27.6 Å². The Morgan fingerprint density at radius 3 is 2.73 bits per heavy atom. The first kappa shape index (κ1) is 16.0. The van der Waals surface area contributed by atoms with Gasteiger partial charge in [-0.15, -0.1) is 0 Å². The number of nitrogens with one attached hydrogen (secondary N) is 1. The van der Waals surface area contributed by atoms with E-state index in [-0.39, 0.29) is 22.4 Å². The first-order valence-corrected chi connectivity index (χ1v) is 9.56. The summed E-state index contributed by atoms with van der Waals surface area (Å²) < 4.78 is 7.51. The molecule has 0 spiro atoms. The second-order valence-corrected chi connectivity index (χ2v) is 9.14. The van der Waals surface area contributed by atoms with E-state index in [1.54, 1.807) is 7.11 Å². The number of rotatable bonds is 2. The number of pyridine rings is 1. The van der Waals surface area contributed by atoms with Crippen molar-refractivity contribution >= 4 is 21.8 Å². The molecular weight excluding hydrogens is 324 g/mol. The number of fused-ring (bicyclic) bond motifs is 5. The number of nitrogens with zero attached hydrogens (tertiary/aromatic N) is 1. The van der Waals surface area contributed by atoms with E-state index >= 15 is 0 Å². The van der Waals surface area contributed by atoms with Crippen LogP contribution in [0, 0.1) is 16.7 Å². The van der Waals surface area contributed by atoms with Gasteiger partial charge in [0.25, 0.3) is 5.56 Å². The van der Waals surface area contributed by atoms with Gasteiger partial charge >= 0.3 is 0 Å². The van der Waals surface area contributed by atoms with Crippen molar-refractivity contribution in [2.75, 3.05) is 7.11 Å². The van der Waals surface area contributed by atoms with Crippen LogP contribution >= 0.6 is 0 Å². The summed E-state index contributed by atoms with van der Waals surface area (Å²) >= 11 is 0. The van der Waals surface area contributed by atoms with Crippen LogP contribution in [0.15, 0.2) is 35.3 Å². The molecule has 0 saturated heterocycles. The third-order valence-corrected chi connectivity index (χ3v) is 7.37. The first-order valence-electron chi connectivity index (χ1n) is 9.56. The Bertz CT molecular complexity index is 1090. The van der Waals surface area contributed by atoms with Gasteiger partial charge in [0.05, 0.1) is 23.5 Å². The number of H-pyrrole nitrogens is 1. The third-order valence-electron chi connectivity index (χ3n) is 7.37. The molecule has 2 heterocycles. The fourth-order valence-electron chi connectivity index (χ4n) is 6.26. The molecule has 0 radical (unpaired) electrons. The predicted octanol–water partition coefficient (Wildman–Crippen LogP) is 4.88. The number of aromatic nitrogens is 2. The fraction of sp³-hybridized carbons (Fsp3) is 0.500. The van der Waals surface area contributed by atoms with Crippen molar-refractivity contribution in [3.05, 3.63) is 40.8 Å². The smallest absolute Gasteiger partial charge is 0.260 e. The second-order valence-electron chi connectivity index (χ2n) is 9.14. The Morgan fingerprint density at radius 1 is 1.23 bits per heavy atom. The maximum absolute atomic E-state index is 13.6. The number of hydrogen-bond acceptors (Lipinski definition) is 2. The molecule has 1 unspecified atom stereocenters. The predicted molar refractivity (Wildman–Crippen MR) is 105 cm³/mol. The van der Waals surface area contributed by atoms with Crippen LogP contribution in [0.5, 0.6) is 5.75 Å². The van der Waals surface area contributed by atoms with Crippen LogP contribution in [0.2, 0.25) is 0 Å². The minimum atomic E-state index is 0.119. The SMILES string of the molecule is COc1cccc2c1[nH]c1ccn([C@@H]3C(C)(C)C4CC[C@@]3(C)C4)c(=O)c12. The Hall–Kier alpha value is -2.23. The molecule has 2 aliphatic carbocycles. The number of ether oxygens (including phenoxy) is 1. The maximum atomic E-state index is 13.6. The molecule has 2 fully saturated rings. The average Bonchev–Trinajstić information content (AvgIpc) is 3.23. The van der Waals surface area contributed by atoms with E-state index in [9.17, 15) is 4.79 Å². The summed E-state index contributed by atoms with van der Waals surface area (Å²) in [6.07, 6.45) is 5.75. The Morgan fingerprint density at radius 2 is 2.04 bits per heavy atom. The van der Waals surface area contributed by atoms with Crippen LogP contribution < -0.4 is 10.3 Å². The highest BCUT2D eigenvalue weighted by atomic mass is 16.5. The molecule has 2 aromatic heterocycles. The number of methoxy groups -OCH3 is 1. The average molecular weight is 350 g/mol. The van der Waals surface area contributed by atoms with Gasteiger partial charge in [0.15, 0.2) is 0 Å². The molecule has 5 rings (SSSR count). The minimum absolute atomic E-state index is 0.119. The van der Waals surface area contributed by atoms with Gasteiger partial charge in [-0.1, -0.05) is 32.9 Å². The van der Waals surface area contributed by atoms with Gasteiger partial charge in [0, 0.05) is 17.6 Å². The number of para-hydroxylation sites is 1. The zero-order valence-corrected chi connectivity index (χ0v) is 15.9. The van der Waals surface area contributed by atoms with Crippen LogP contribution in [0.4, 0.5) is 0 Å². The standard InChI is InChI=1S/C22H26N2O2/c1-21(2)13-8-10-22(3,12-13)20(21)24-11-9-15-17(19(24)25)14-6-5-7-16(26-4)18(14)23-15/h5-7,9,11,13,20,23H,8,10,12H2,1-4H3/t13?,20-,22+/m1/s1. The zero-order valence-electron chi connectivity index (χ0n) is 15.9. The highest BCUT2D eigenvalue weighted by Gasteiger charge is 2.60. The van der Waals surface area contributed by atoms with E-state index in [1.807, 2.05) is 29.0 Å². The normalized spacial score (nSPS) is 29.7. The van der Waals surface area contributed by atoms with Crippen molar-refractivity contribution < 1.29 is 4.74 Å². The molecule has 1 aromatic carbocycles. The van der Waals surface area contributed by atoms with Crippen molar-refractivity contribution in [1.29, 1.82) is 0 Å². The molecule has 4 nitrogen and oxygen atoms in total. The quantitative estimate of drug-likeness (QED) is 0.716. The summed E-state index contributed by atoms with van der Waals surface area (Å²) in [7, 11) is 1.66. The molecule has 2 saturated carbocycles. The summed E-state index contributed by atoms with van der Waals surface area (Å²) in [6, 6.07) is 8.20. The molecule has 3 aromatic rings. The Kier molecular flexibility index (Phi) is 3.03. The van der Waals surface area contributed by atoms with E-state index in [0.29, 0.717) is 5.92 Å². The number of hydrogen-bond donors (Lipinski definition) is 1. The maximum Gasteiger partial charge on any atom is 0.260 e. The van der Waals surface area contributed by atoms with E-state index in [2.05, 4.69) is 31.8 Å². The van der Waals surface area contributed by atoms with Gasteiger partial charge in [0.2, 0.25) is 0 Å². The second kappa shape index (κ2) is 4.93. The van der Waals surface area contributed by atoms with Crippen molar-refractivity contribution in [3.8, 4) is 5.75 Å². The Balaban J connectivity index is 1.80. The van der Waals surface area contributed by atoms with E-state index in [1.165, 1.54) is 19.3 Å². The lowest BCUT2D eigenvalue weighted by atomic mass is 9.68. The highest BCUT2D eigenvalue weighted by Crippen LogP contribution is 2.67. The van der Waals surface area contributed by atoms with Crippen molar-refractivity contribution in [3.63, 3.8) is 0 Å². The molecule has 0 amide bonds. The molecule has 26 heavy (non-hydrogen) atoms. The zero-order chi connectivity index (χ0) is 18.3. The van der Waals surface area contributed by atoms with Crippen molar-refractivity contribution in [1.82, 2.24) is 9.55 Å². The molecule has 2 bridgehead atoms. The molecule has 2 aliphatic rings. The summed E-state index contributed by atoms with van der Waals surface area (Å²) in [4.78, 5) is 17.0. The number of benzene rings is 1. The van der Waals surface area contributed by atoms with Gasteiger partial charge in [0.1, 0.15) is 5.75 Å². The number of aromatic amines is 1. The molecule has 1 N–H and O–H groups in total. The van der Waals surface area contributed by atoms with Crippen LogP contribution in [0.1, 0.15) is 46.1 Å². The monoisotopic (exact) mass is 350 g/mol. The minimum Gasteiger partial charge on any atom is -0.495 e. The van der Waals surface area contributed by atoms with Gasteiger partial charge < -0.3 is 14.3 Å². The first-order chi connectivity index (χ1) is 12.4. The third kappa shape index (κ3) is 1.82. The van der Waals surface area contributed by atoms with Gasteiger partial charge in [-0.25, -0.2) is 0 Å². The summed E-state index contributed by atoms with van der Waals surface area (Å²) in [6.45, 7) is 7.07. The van der Waals surface area contributed by atoms with Crippen LogP contribution in [0.3, 0.4) is 0 Å². The van der Waals surface area contributed by atoms with Crippen molar-refractivity contribution in [2.24, 2.45) is 16.7 Å². The van der Waals surface area contributed by atoms with E-state index < -0.39 is 0 Å². The van der Waals surface area contributed by atoms with Gasteiger partial charge in [-0.3, -0.25) is 4.79 Å². The lowest BCUT2D eigenvalue weighted by molar-refractivity contribution is 0.0811. The molecular formula is C22H26N2O2. The van der Waals surface area contributed by atoms with Crippen LogP contribution in [-0.2, 0) is 0 Å². The summed E-state index contributed by atoms with van der Waals surface area (Å²) in [5.41, 5.74) is 2.27. The van der Waals surface area contributed by atoms with Crippen molar-refractivity contribution in [2.45, 2.75) is 46.1 Å². The lowest BCUT2D eigenvalue weighted by Crippen LogP contribution is -2.41. The Labute approximate surface area is 153 Å². The lowest BCUT2D eigenvalue weighted by Gasteiger charge is -2.43. The summed E-state index contributed by atoms with van der Waals surface area (Å²) in [5, 5.41) is 1.73. The largest absolute Gasteiger partial charge is 0.495 e.